The minimum absolute atomic E-state index is 0. The molecular formula is C24H29Cl3SiTi. The van der Waals surface area contributed by atoms with E-state index in [1.165, 1.54) is 45.0 Å². The standard InChI is InChI=1S/C24H29Si.3ClH.Ti/c1-5-6-15-25(4,22-17-19(2)16-20(3)18-22)24-14-10-13-23(24)21-11-8-7-9-12-21;;;;/h7-9,11-12,14,16-18H,5-6,10,15H2,1-4H3;3*1H;/q;;;;+3/p-3. The van der Waals surface area contributed by atoms with Crippen LogP contribution in [0.2, 0.25) is 12.6 Å². The van der Waals surface area contributed by atoms with Gasteiger partial charge in [0.1, 0.15) is 0 Å². The van der Waals surface area contributed by atoms with E-state index in [0.717, 1.165) is 6.42 Å². The Kier molecular flexibility index (Phi) is 12.4. The smallest absolute Gasteiger partial charge is 1.00 e. The van der Waals surface area contributed by atoms with E-state index in [1.807, 2.05) is 0 Å². The molecule has 0 saturated heterocycles. The molecular weight excluding hydrogens is 471 g/mol. The Hall–Kier alpha value is -0.279. The Morgan fingerprint density at radius 2 is 1.52 bits per heavy atom. The van der Waals surface area contributed by atoms with Gasteiger partial charge >= 0.3 is 172 Å². The number of unbranched alkanes of at least 4 members (excludes halogenated alkanes) is 1. The molecule has 0 amide bonds. The Bertz CT molecular complexity index is 841. The molecule has 1 unspecified atom stereocenters. The van der Waals surface area contributed by atoms with E-state index in [2.05, 4.69) is 102 Å². The third kappa shape index (κ3) is 6.35. The van der Waals surface area contributed by atoms with Gasteiger partial charge in [0.25, 0.3) is 0 Å². The second-order valence-electron chi connectivity index (χ2n) is 7.85. The van der Waals surface area contributed by atoms with Gasteiger partial charge in [0.15, 0.2) is 0 Å². The molecule has 1 aliphatic carbocycles. The molecule has 0 fully saturated rings. The summed E-state index contributed by atoms with van der Waals surface area (Å²) >= 11 is 2.32. The number of rotatable bonds is 6. The van der Waals surface area contributed by atoms with Gasteiger partial charge in [-0.25, -0.2) is 0 Å². The third-order valence-electron chi connectivity index (χ3n) is 5.63. The van der Waals surface area contributed by atoms with Crippen molar-refractivity contribution >= 4 is 18.8 Å². The van der Waals surface area contributed by atoms with E-state index in [4.69, 9.17) is 0 Å². The van der Waals surface area contributed by atoms with E-state index in [-0.39, 0.29) is 37.2 Å². The van der Waals surface area contributed by atoms with Gasteiger partial charge in [-0.3, -0.25) is 0 Å². The predicted octanol–water partition coefficient (Wildman–Crippen LogP) is -2.77. The molecule has 0 bridgehead atoms. The van der Waals surface area contributed by atoms with Gasteiger partial charge in [-0.05, 0) is 0 Å². The minimum atomic E-state index is -1.76. The molecule has 5 heteroatoms. The summed E-state index contributed by atoms with van der Waals surface area (Å²) in [5.41, 5.74) is 5.73. The molecule has 29 heavy (non-hydrogen) atoms. The van der Waals surface area contributed by atoms with E-state index in [9.17, 15) is 0 Å². The second-order valence-corrected chi connectivity index (χ2v) is 13.1. The Labute approximate surface area is 208 Å². The first-order valence-corrected chi connectivity index (χ1v) is 13.2. The summed E-state index contributed by atoms with van der Waals surface area (Å²) in [7, 11) is -1.76. The van der Waals surface area contributed by atoms with Crippen molar-refractivity contribution in [3.63, 3.8) is 0 Å². The number of allylic oxidation sites excluding steroid dienone is 4. The van der Waals surface area contributed by atoms with Crippen LogP contribution in [-0.4, -0.2) is 8.07 Å². The molecule has 0 aromatic heterocycles. The monoisotopic (exact) mass is 498 g/mol. The van der Waals surface area contributed by atoms with Crippen LogP contribution in [0.25, 0.3) is 5.57 Å². The summed E-state index contributed by atoms with van der Waals surface area (Å²) in [5, 5.41) is 3.28. The van der Waals surface area contributed by atoms with Gasteiger partial charge in [0.2, 0.25) is 0 Å². The zero-order valence-corrected chi connectivity index (χ0v) is 22.5. The molecule has 2 aromatic rings. The predicted molar refractivity (Wildman–Crippen MR) is 113 cm³/mol. The van der Waals surface area contributed by atoms with Crippen LogP contribution in [-0.2, 0) is 20.4 Å². The second kappa shape index (κ2) is 12.5. The van der Waals surface area contributed by atoms with Gasteiger partial charge in [-0.15, -0.1) is 0 Å². The SMILES string of the molecule is CCCC[Si](C)(C1=CC[C]([Ti+3])=C1c1ccccc1)c1cc(C)cc(C)c1.[Cl-].[Cl-].[Cl-]. The molecule has 2 aromatic carbocycles. The molecule has 1 atom stereocenters. The molecule has 0 N–H and O–H groups in total. The van der Waals surface area contributed by atoms with Crippen LogP contribution < -0.4 is 42.4 Å². The Balaban J connectivity index is 0.00000261. The van der Waals surface area contributed by atoms with Crippen LogP contribution in [0.5, 0.6) is 0 Å². The van der Waals surface area contributed by atoms with Crippen molar-refractivity contribution in [3.05, 3.63) is 80.4 Å². The van der Waals surface area contributed by atoms with Crippen LogP contribution in [0, 0.1) is 13.8 Å². The quantitative estimate of drug-likeness (QED) is 0.378. The summed E-state index contributed by atoms with van der Waals surface area (Å²) in [6, 6.07) is 19.6. The fraction of sp³-hybridized carbons (Fsp3) is 0.333. The number of aryl methyl sites for hydroxylation is 2. The fourth-order valence-electron chi connectivity index (χ4n) is 4.26. The fourth-order valence-corrected chi connectivity index (χ4v) is 9.48. The average Bonchev–Trinajstić information content (AvgIpc) is 3.01. The van der Waals surface area contributed by atoms with E-state index >= 15 is 0 Å². The van der Waals surface area contributed by atoms with Crippen LogP contribution in [0.15, 0.2) is 63.7 Å². The van der Waals surface area contributed by atoms with Crippen molar-refractivity contribution in [3.8, 4) is 0 Å². The third-order valence-corrected chi connectivity index (χ3v) is 10.9. The zero-order chi connectivity index (χ0) is 18.7. The normalized spacial score (nSPS) is 14.9. The number of hydrogen-bond donors (Lipinski definition) is 0. The maximum atomic E-state index is 2.60. The Morgan fingerprint density at radius 3 is 2.07 bits per heavy atom. The van der Waals surface area contributed by atoms with Crippen LogP contribution >= 0.6 is 0 Å². The average molecular weight is 500 g/mol. The van der Waals surface area contributed by atoms with Crippen molar-refractivity contribution in [2.45, 2.75) is 52.6 Å². The summed E-state index contributed by atoms with van der Waals surface area (Å²) in [6.07, 6.45) is 6.24. The molecule has 0 nitrogen and oxygen atoms in total. The van der Waals surface area contributed by atoms with Crippen molar-refractivity contribution in [2.24, 2.45) is 0 Å². The van der Waals surface area contributed by atoms with Crippen LogP contribution in [0.4, 0.5) is 0 Å². The Morgan fingerprint density at radius 1 is 0.931 bits per heavy atom. The first kappa shape index (κ1) is 28.7. The number of benzene rings is 2. The van der Waals surface area contributed by atoms with Crippen molar-refractivity contribution in [1.82, 2.24) is 0 Å². The number of halogens is 3. The van der Waals surface area contributed by atoms with Crippen molar-refractivity contribution in [1.29, 1.82) is 0 Å². The van der Waals surface area contributed by atoms with E-state index in [0.29, 0.717) is 0 Å². The van der Waals surface area contributed by atoms with Gasteiger partial charge in [0, 0.05) is 0 Å². The van der Waals surface area contributed by atoms with Crippen molar-refractivity contribution < 1.29 is 57.7 Å². The molecule has 1 aliphatic rings. The summed E-state index contributed by atoms with van der Waals surface area (Å²) in [4.78, 5) is 0. The summed E-state index contributed by atoms with van der Waals surface area (Å²) in [6.45, 7) is 9.41. The first-order chi connectivity index (χ1) is 12.5. The van der Waals surface area contributed by atoms with Gasteiger partial charge in [-0.1, -0.05) is 0 Å². The van der Waals surface area contributed by atoms with E-state index in [1.54, 1.807) is 10.4 Å². The first-order valence-electron chi connectivity index (χ1n) is 9.75. The number of hydrogen-bond acceptors (Lipinski definition) is 0. The van der Waals surface area contributed by atoms with Gasteiger partial charge in [-0.2, -0.15) is 0 Å². The topological polar surface area (TPSA) is 0 Å². The molecule has 154 valence electrons. The largest absolute Gasteiger partial charge is 1.00 e. The molecule has 0 radical (unpaired) electrons. The van der Waals surface area contributed by atoms with Crippen LogP contribution in [0.1, 0.15) is 42.9 Å². The van der Waals surface area contributed by atoms with Crippen molar-refractivity contribution in [2.75, 3.05) is 0 Å². The van der Waals surface area contributed by atoms with Gasteiger partial charge < -0.3 is 37.2 Å². The minimum Gasteiger partial charge on any atom is -1.00 e. The molecule has 0 aliphatic heterocycles. The molecule has 0 spiro atoms. The summed E-state index contributed by atoms with van der Waals surface area (Å²) < 4.78 is 1.53. The molecule has 0 heterocycles. The molecule has 3 rings (SSSR count). The maximum absolute atomic E-state index is 2.60. The summed E-state index contributed by atoms with van der Waals surface area (Å²) in [5.74, 6) is 0. The van der Waals surface area contributed by atoms with Crippen LogP contribution in [0.3, 0.4) is 0 Å². The maximum Gasteiger partial charge on any atom is -1.00 e. The van der Waals surface area contributed by atoms with Gasteiger partial charge in [0.05, 0.1) is 0 Å². The zero-order valence-electron chi connectivity index (χ0n) is 17.7. The molecule has 0 saturated carbocycles. The van der Waals surface area contributed by atoms with E-state index < -0.39 is 8.07 Å².